The van der Waals surface area contributed by atoms with E-state index in [4.69, 9.17) is 5.73 Å². The third-order valence-corrected chi connectivity index (χ3v) is 5.56. The topological polar surface area (TPSA) is 63.4 Å². The first kappa shape index (κ1) is 15.9. The minimum atomic E-state index is -4.16. The molecule has 0 saturated heterocycles. The van der Waals surface area contributed by atoms with Crippen LogP contribution in [0.4, 0.5) is 14.5 Å². The fourth-order valence-electron chi connectivity index (χ4n) is 2.66. The predicted octanol–water partition coefficient (Wildman–Crippen LogP) is 2.67. The highest BCUT2D eigenvalue weighted by Gasteiger charge is 2.35. The molecule has 0 radical (unpaired) electrons. The van der Waals surface area contributed by atoms with Crippen molar-refractivity contribution in [2.75, 3.05) is 12.3 Å². The Labute approximate surface area is 123 Å². The molecular formula is C14H18F2N2O2S. The molecule has 0 unspecified atom stereocenters. The Balaban J connectivity index is 2.50. The zero-order valence-corrected chi connectivity index (χ0v) is 12.4. The van der Waals surface area contributed by atoms with Gasteiger partial charge in [0.05, 0.1) is 0 Å². The number of anilines is 1. The van der Waals surface area contributed by atoms with Crippen molar-refractivity contribution in [1.82, 2.24) is 4.31 Å². The molecule has 1 aliphatic carbocycles. The molecule has 0 bridgehead atoms. The standard InChI is InChI=1S/C14H18F2N2O2S/c1-2-7-18(11-5-3-4-6-11)21(19,20)13-9-10(17)8-12(15)14(13)16/h2,8-9,11H,1,3-7,17H2. The van der Waals surface area contributed by atoms with E-state index in [0.717, 1.165) is 25.0 Å². The van der Waals surface area contributed by atoms with E-state index in [2.05, 4.69) is 6.58 Å². The first-order valence-corrected chi connectivity index (χ1v) is 8.19. The number of hydrogen-bond acceptors (Lipinski definition) is 3. The molecule has 1 aromatic rings. The summed E-state index contributed by atoms with van der Waals surface area (Å²) in [6.45, 7) is 3.60. The maximum absolute atomic E-state index is 13.9. The lowest BCUT2D eigenvalue weighted by atomic mass is 10.2. The van der Waals surface area contributed by atoms with E-state index in [1.165, 1.54) is 10.4 Å². The lowest BCUT2D eigenvalue weighted by Crippen LogP contribution is -2.39. The zero-order valence-electron chi connectivity index (χ0n) is 11.6. The monoisotopic (exact) mass is 316 g/mol. The molecule has 1 saturated carbocycles. The highest BCUT2D eigenvalue weighted by atomic mass is 32.2. The quantitative estimate of drug-likeness (QED) is 0.671. The van der Waals surface area contributed by atoms with Crippen molar-refractivity contribution in [3.63, 3.8) is 0 Å². The number of rotatable bonds is 5. The molecule has 2 N–H and O–H groups in total. The van der Waals surface area contributed by atoms with Crippen LogP contribution in [0.15, 0.2) is 29.7 Å². The molecule has 0 spiro atoms. The number of nitrogens with two attached hydrogens (primary N) is 1. The lowest BCUT2D eigenvalue weighted by Gasteiger charge is -2.27. The largest absolute Gasteiger partial charge is 0.399 e. The number of benzene rings is 1. The summed E-state index contributed by atoms with van der Waals surface area (Å²) in [4.78, 5) is -0.714. The summed E-state index contributed by atoms with van der Waals surface area (Å²) < 4.78 is 53.8. The molecule has 1 aliphatic rings. The average Bonchev–Trinajstić information content (AvgIpc) is 2.93. The van der Waals surface area contributed by atoms with Crippen LogP contribution in [-0.4, -0.2) is 25.3 Å². The number of halogens is 2. The van der Waals surface area contributed by atoms with Gasteiger partial charge < -0.3 is 5.73 Å². The van der Waals surface area contributed by atoms with Gasteiger partial charge in [-0.25, -0.2) is 17.2 Å². The van der Waals surface area contributed by atoms with Crippen LogP contribution in [0.25, 0.3) is 0 Å². The Morgan fingerprint density at radius 3 is 2.52 bits per heavy atom. The zero-order chi connectivity index (χ0) is 15.6. The maximum atomic E-state index is 13.9. The van der Waals surface area contributed by atoms with Crippen LogP contribution in [0, 0.1) is 11.6 Å². The Hall–Kier alpha value is -1.47. The van der Waals surface area contributed by atoms with E-state index in [1.54, 1.807) is 0 Å². The van der Waals surface area contributed by atoms with E-state index in [0.29, 0.717) is 12.8 Å². The Bertz CT molecular complexity index is 641. The van der Waals surface area contributed by atoms with Crippen molar-refractivity contribution in [2.45, 2.75) is 36.6 Å². The first-order valence-electron chi connectivity index (χ1n) is 6.75. The summed E-state index contributed by atoms with van der Waals surface area (Å²) in [5.74, 6) is -2.66. The van der Waals surface area contributed by atoms with Crippen LogP contribution in [-0.2, 0) is 10.0 Å². The second-order valence-corrected chi connectivity index (χ2v) is 6.98. The van der Waals surface area contributed by atoms with E-state index < -0.39 is 26.6 Å². The minimum absolute atomic E-state index is 0.0584. The Morgan fingerprint density at radius 2 is 1.95 bits per heavy atom. The van der Waals surface area contributed by atoms with Gasteiger partial charge in [-0.3, -0.25) is 0 Å². The van der Waals surface area contributed by atoms with Crippen molar-refractivity contribution in [1.29, 1.82) is 0 Å². The molecule has 116 valence electrons. The molecule has 1 aromatic carbocycles. The number of nitrogen functional groups attached to an aromatic ring is 1. The summed E-state index contributed by atoms with van der Waals surface area (Å²) in [7, 11) is -4.16. The van der Waals surface area contributed by atoms with Crippen LogP contribution < -0.4 is 5.73 Å². The van der Waals surface area contributed by atoms with Gasteiger partial charge in [0, 0.05) is 18.3 Å². The van der Waals surface area contributed by atoms with Gasteiger partial charge in [-0.15, -0.1) is 6.58 Å². The minimum Gasteiger partial charge on any atom is -0.399 e. The molecule has 0 amide bonds. The average molecular weight is 316 g/mol. The number of nitrogens with zero attached hydrogens (tertiary/aromatic N) is 1. The maximum Gasteiger partial charge on any atom is 0.246 e. The van der Waals surface area contributed by atoms with Gasteiger partial charge in [-0.2, -0.15) is 4.31 Å². The summed E-state index contributed by atoms with van der Waals surface area (Å²) in [6, 6.07) is 1.51. The molecule has 7 heteroatoms. The highest BCUT2D eigenvalue weighted by molar-refractivity contribution is 7.89. The van der Waals surface area contributed by atoms with E-state index >= 15 is 0 Å². The predicted molar refractivity (Wildman–Crippen MR) is 77.1 cm³/mol. The van der Waals surface area contributed by atoms with Crippen molar-refractivity contribution >= 4 is 15.7 Å². The number of sulfonamides is 1. The van der Waals surface area contributed by atoms with E-state index in [1.807, 2.05) is 0 Å². The van der Waals surface area contributed by atoms with Gasteiger partial charge in [-0.1, -0.05) is 18.9 Å². The van der Waals surface area contributed by atoms with Gasteiger partial charge in [0.2, 0.25) is 10.0 Å². The second-order valence-electron chi connectivity index (χ2n) is 5.12. The SMILES string of the molecule is C=CCN(C1CCCC1)S(=O)(=O)c1cc(N)cc(F)c1F. The second kappa shape index (κ2) is 6.11. The molecule has 0 aromatic heterocycles. The molecule has 0 aliphatic heterocycles. The third-order valence-electron chi connectivity index (χ3n) is 3.64. The highest BCUT2D eigenvalue weighted by Crippen LogP contribution is 2.31. The Kier molecular flexibility index (Phi) is 4.63. The van der Waals surface area contributed by atoms with Crippen LogP contribution in [0.2, 0.25) is 0 Å². The molecule has 0 heterocycles. The lowest BCUT2D eigenvalue weighted by molar-refractivity contribution is 0.344. The molecule has 0 atom stereocenters. The summed E-state index contributed by atoms with van der Waals surface area (Å²) >= 11 is 0. The van der Waals surface area contributed by atoms with E-state index in [9.17, 15) is 17.2 Å². The summed E-state index contributed by atoms with van der Waals surface area (Å²) in [5.41, 5.74) is 5.32. The molecule has 21 heavy (non-hydrogen) atoms. The smallest absolute Gasteiger partial charge is 0.246 e. The van der Waals surface area contributed by atoms with Gasteiger partial charge in [-0.05, 0) is 25.0 Å². The van der Waals surface area contributed by atoms with Crippen LogP contribution in [0.3, 0.4) is 0 Å². The van der Waals surface area contributed by atoms with Gasteiger partial charge >= 0.3 is 0 Å². The third kappa shape index (κ3) is 3.08. The fourth-order valence-corrected chi connectivity index (χ4v) is 4.43. The molecule has 1 fully saturated rings. The van der Waals surface area contributed by atoms with Crippen molar-refractivity contribution in [2.24, 2.45) is 0 Å². The van der Waals surface area contributed by atoms with Crippen molar-refractivity contribution in [3.05, 3.63) is 36.4 Å². The van der Waals surface area contributed by atoms with Crippen molar-refractivity contribution in [3.8, 4) is 0 Å². The van der Waals surface area contributed by atoms with Crippen LogP contribution >= 0.6 is 0 Å². The first-order chi connectivity index (χ1) is 9.87. The van der Waals surface area contributed by atoms with Gasteiger partial charge in [0.15, 0.2) is 11.6 Å². The summed E-state index contributed by atoms with van der Waals surface area (Å²) in [6.07, 6.45) is 4.69. The number of hydrogen-bond donors (Lipinski definition) is 1. The van der Waals surface area contributed by atoms with Gasteiger partial charge in [0.1, 0.15) is 4.90 Å². The normalized spacial score (nSPS) is 16.5. The van der Waals surface area contributed by atoms with Gasteiger partial charge in [0.25, 0.3) is 0 Å². The molecule has 4 nitrogen and oxygen atoms in total. The van der Waals surface area contributed by atoms with Crippen LogP contribution in [0.1, 0.15) is 25.7 Å². The van der Waals surface area contributed by atoms with Crippen molar-refractivity contribution < 1.29 is 17.2 Å². The fraction of sp³-hybridized carbons (Fsp3) is 0.429. The molecule has 2 rings (SSSR count). The van der Waals surface area contributed by atoms with E-state index in [-0.39, 0.29) is 18.3 Å². The summed E-state index contributed by atoms with van der Waals surface area (Å²) in [5, 5.41) is 0. The Morgan fingerprint density at radius 1 is 1.33 bits per heavy atom. The van der Waals surface area contributed by atoms with Crippen LogP contribution in [0.5, 0.6) is 0 Å². The molecular weight excluding hydrogens is 298 g/mol.